The second-order valence-electron chi connectivity index (χ2n) is 2.83. The van der Waals surface area contributed by atoms with Crippen LogP contribution in [0.25, 0.3) is 9.69 Å². The van der Waals surface area contributed by atoms with E-state index in [1.165, 1.54) is 0 Å². The number of carbonyl (C=O) groups is 2. The number of carboxylic acids is 2. The van der Waals surface area contributed by atoms with Gasteiger partial charge in [0.2, 0.25) is 13.1 Å². The maximum absolute atomic E-state index is 10.8. The fraction of sp³-hybridized carbons (Fsp3) is 0.400. The summed E-state index contributed by atoms with van der Waals surface area (Å²) in [5.41, 5.74) is -0.570. The van der Waals surface area contributed by atoms with Crippen LogP contribution in [0.5, 0.6) is 0 Å². The van der Waals surface area contributed by atoms with Crippen molar-refractivity contribution in [3.63, 3.8) is 0 Å². The van der Waals surface area contributed by atoms with E-state index in [4.69, 9.17) is 23.4 Å². The summed E-state index contributed by atoms with van der Waals surface area (Å²) in [5, 5.41) is 17.6. The summed E-state index contributed by atoms with van der Waals surface area (Å²) in [6, 6.07) is 0. The van der Waals surface area contributed by atoms with E-state index < -0.39 is 11.9 Å². The van der Waals surface area contributed by atoms with Gasteiger partial charge in [-0.05, 0) is 0 Å². The predicted octanol–water partition coefficient (Wildman–Crippen LogP) is 1.07. The van der Waals surface area contributed by atoms with Crippen LogP contribution < -0.4 is 0 Å². The fourth-order valence-corrected chi connectivity index (χ4v) is 1.11. The van der Waals surface area contributed by atoms with Gasteiger partial charge in [-0.2, -0.15) is 0 Å². The quantitative estimate of drug-likeness (QED) is 0.520. The smallest absolute Gasteiger partial charge is 0.332 e. The molecule has 0 aromatic heterocycles. The van der Waals surface area contributed by atoms with E-state index >= 15 is 0 Å². The number of carboxylic acid groups (broad SMARTS) is 2. The molecule has 0 fully saturated rings. The molecule has 0 aliphatic heterocycles. The van der Waals surface area contributed by atoms with E-state index in [1.54, 1.807) is 0 Å². The minimum absolute atomic E-state index is 0.0730. The van der Waals surface area contributed by atoms with Gasteiger partial charge in [0.1, 0.15) is 0 Å². The average Bonchev–Trinajstić information content (AvgIpc) is 2.21. The number of hydrogen-bond donors (Lipinski definition) is 2. The molecule has 0 aliphatic rings. The lowest BCUT2D eigenvalue weighted by molar-refractivity contribution is -0.136. The van der Waals surface area contributed by atoms with Gasteiger partial charge >= 0.3 is 11.9 Å². The number of hydrogen-bond acceptors (Lipinski definition) is 2. The Morgan fingerprint density at radius 1 is 0.875 bits per heavy atom. The van der Waals surface area contributed by atoms with Crippen LogP contribution in [-0.2, 0) is 9.59 Å². The maximum atomic E-state index is 10.8. The fourth-order valence-electron chi connectivity index (χ4n) is 1.11. The number of nitrogens with zero attached hydrogens (tertiary/aromatic N) is 2. The van der Waals surface area contributed by atoms with Crippen molar-refractivity contribution in [1.82, 2.24) is 0 Å². The van der Waals surface area contributed by atoms with Gasteiger partial charge in [-0.1, -0.05) is 0 Å². The van der Waals surface area contributed by atoms with E-state index in [1.807, 2.05) is 0 Å². The Morgan fingerprint density at radius 2 is 1.19 bits per heavy atom. The van der Waals surface area contributed by atoms with Crippen molar-refractivity contribution in [2.24, 2.45) is 0 Å². The normalized spacial score (nSPS) is 10.9. The zero-order chi connectivity index (χ0) is 12.6. The SMILES string of the molecule is [C-]#[N+]CCC(C(=O)O)=C(CC[N+]#[C-])C(=O)O. The highest BCUT2D eigenvalue weighted by molar-refractivity contribution is 5.98. The molecular formula is C10H10N2O4. The second kappa shape index (κ2) is 7.02. The van der Waals surface area contributed by atoms with Crippen molar-refractivity contribution < 1.29 is 19.8 Å². The molecule has 0 aromatic carbocycles. The van der Waals surface area contributed by atoms with Crippen molar-refractivity contribution in [2.45, 2.75) is 12.8 Å². The summed E-state index contributed by atoms with van der Waals surface area (Å²) >= 11 is 0. The lowest BCUT2D eigenvalue weighted by Gasteiger charge is -2.03. The largest absolute Gasteiger partial charge is 0.478 e. The highest BCUT2D eigenvalue weighted by Gasteiger charge is 2.21. The molecule has 0 saturated heterocycles. The Balaban J connectivity index is 5.12. The van der Waals surface area contributed by atoms with Crippen molar-refractivity contribution in [3.8, 4) is 0 Å². The standard InChI is InChI=1S/C10H10N2O4/c1-11-5-3-7(9(13)14)8(10(15)16)4-6-12-2/h3-6H2,(H,13,14)(H,15,16). The molecule has 0 rings (SSSR count). The minimum Gasteiger partial charge on any atom is -0.478 e. The van der Waals surface area contributed by atoms with Crippen LogP contribution in [0, 0.1) is 13.1 Å². The molecule has 0 bridgehead atoms. The molecule has 0 aliphatic carbocycles. The Bertz CT molecular complexity index is 360. The predicted molar refractivity (Wildman–Crippen MR) is 54.5 cm³/mol. The van der Waals surface area contributed by atoms with Crippen LogP contribution in [0.3, 0.4) is 0 Å². The van der Waals surface area contributed by atoms with Gasteiger partial charge in [0.05, 0.1) is 24.0 Å². The van der Waals surface area contributed by atoms with E-state index in [0.29, 0.717) is 0 Å². The van der Waals surface area contributed by atoms with Crippen molar-refractivity contribution in [2.75, 3.05) is 13.1 Å². The zero-order valence-corrected chi connectivity index (χ0v) is 8.43. The third-order valence-corrected chi connectivity index (χ3v) is 1.83. The van der Waals surface area contributed by atoms with Crippen LogP contribution >= 0.6 is 0 Å². The van der Waals surface area contributed by atoms with Crippen LogP contribution in [-0.4, -0.2) is 35.2 Å². The monoisotopic (exact) mass is 222 g/mol. The first-order chi connectivity index (χ1) is 7.54. The summed E-state index contributed by atoms with van der Waals surface area (Å²) in [4.78, 5) is 27.6. The maximum Gasteiger partial charge on any atom is 0.332 e. The van der Waals surface area contributed by atoms with Crippen molar-refractivity contribution in [1.29, 1.82) is 0 Å². The highest BCUT2D eigenvalue weighted by atomic mass is 16.4. The summed E-state index contributed by atoms with van der Waals surface area (Å²) < 4.78 is 0. The summed E-state index contributed by atoms with van der Waals surface area (Å²) in [6.07, 6.45) is -0.225. The molecule has 6 heteroatoms. The van der Waals surface area contributed by atoms with Gasteiger partial charge in [-0.15, -0.1) is 0 Å². The molecule has 0 radical (unpaired) electrons. The first kappa shape index (κ1) is 13.7. The summed E-state index contributed by atoms with van der Waals surface area (Å²) in [5.74, 6) is -2.68. The van der Waals surface area contributed by atoms with E-state index in [9.17, 15) is 9.59 Å². The third kappa shape index (κ3) is 4.25. The lowest BCUT2D eigenvalue weighted by Crippen LogP contribution is -2.13. The molecule has 0 atom stereocenters. The van der Waals surface area contributed by atoms with Gasteiger partial charge in [0.15, 0.2) is 0 Å². The van der Waals surface area contributed by atoms with Crippen LogP contribution in [0.15, 0.2) is 11.1 Å². The zero-order valence-electron chi connectivity index (χ0n) is 8.43. The molecule has 0 unspecified atom stereocenters. The number of rotatable bonds is 6. The van der Waals surface area contributed by atoms with Gasteiger partial charge < -0.3 is 19.9 Å². The molecule has 84 valence electrons. The van der Waals surface area contributed by atoms with Crippen LogP contribution in [0.4, 0.5) is 0 Å². The van der Waals surface area contributed by atoms with Gasteiger partial charge in [0.25, 0.3) is 0 Å². The summed E-state index contributed by atoms with van der Waals surface area (Å²) in [6.45, 7) is 12.9. The Hall–Kier alpha value is -2.34. The minimum atomic E-state index is -1.34. The molecule has 0 heterocycles. The molecule has 0 saturated carbocycles. The van der Waals surface area contributed by atoms with Gasteiger partial charge in [-0.25, -0.2) is 22.7 Å². The van der Waals surface area contributed by atoms with Crippen molar-refractivity contribution in [3.05, 3.63) is 34.0 Å². The molecule has 2 N–H and O–H groups in total. The van der Waals surface area contributed by atoms with Gasteiger partial charge in [0, 0.05) is 0 Å². The van der Waals surface area contributed by atoms with E-state index in [-0.39, 0.29) is 37.1 Å². The second-order valence-corrected chi connectivity index (χ2v) is 2.83. The lowest BCUT2D eigenvalue weighted by atomic mass is 10.0. The highest BCUT2D eigenvalue weighted by Crippen LogP contribution is 2.14. The number of aliphatic carboxylic acids is 2. The molecule has 0 spiro atoms. The van der Waals surface area contributed by atoms with E-state index in [0.717, 1.165) is 0 Å². The van der Waals surface area contributed by atoms with Crippen LogP contribution in [0.2, 0.25) is 0 Å². The third-order valence-electron chi connectivity index (χ3n) is 1.83. The molecule has 0 aromatic rings. The first-order valence-corrected chi connectivity index (χ1v) is 4.39. The molecular weight excluding hydrogens is 212 g/mol. The Morgan fingerprint density at radius 3 is 1.38 bits per heavy atom. The molecule has 16 heavy (non-hydrogen) atoms. The van der Waals surface area contributed by atoms with Gasteiger partial charge in [-0.3, -0.25) is 0 Å². The summed E-state index contributed by atoms with van der Waals surface area (Å²) in [7, 11) is 0. The molecule has 0 amide bonds. The van der Waals surface area contributed by atoms with E-state index in [2.05, 4.69) is 9.69 Å². The molecule has 6 nitrogen and oxygen atoms in total. The topological polar surface area (TPSA) is 83.3 Å². The Labute approximate surface area is 92.5 Å². The first-order valence-electron chi connectivity index (χ1n) is 4.39. The van der Waals surface area contributed by atoms with Crippen molar-refractivity contribution >= 4 is 11.9 Å². The Kier molecular flexibility index (Phi) is 5.99. The van der Waals surface area contributed by atoms with Crippen LogP contribution in [0.1, 0.15) is 12.8 Å². The average molecular weight is 222 g/mol.